The van der Waals surface area contributed by atoms with Gasteiger partial charge in [-0.1, -0.05) is 11.6 Å². The molecule has 5 heteroatoms. The van der Waals surface area contributed by atoms with E-state index in [4.69, 9.17) is 21.1 Å². The zero-order chi connectivity index (χ0) is 17.8. The first kappa shape index (κ1) is 18.5. The van der Waals surface area contributed by atoms with E-state index in [1.54, 1.807) is 0 Å². The highest BCUT2D eigenvalue weighted by Crippen LogP contribution is 2.30. The first-order valence-electron chi connectivity index (χ1n) is 10.2. The van der Waals surface area contributed by atoms with Crippen LogP contribution in [0.15, 0.2) is 18.2 Å². The molecule has 0 amide bonds. The van der Waals surface area contributed by atoms with Gasteiger partial charge in [0.1, 0.15) is 12.4 Å². The van der Waals surface area contributed by atoms with E-state index in [0.717, 1.165) is 48.2 Å². The summed E-state index contributed by atoms with van der Waals surface area (Å²) in [4.78, 5) is 2.64. The Morgan fingerprint density at radius 2 is 2.00 bits per heavy atom. The predicted octanol–water partition coefficient (Wildman–Crippen LogP) is 3.86. The number of likely N-dealkylation sites (tertiary alicyclic amines) is 1. The van der Waals surface area contributed by atoms with E-state index in [1.165, 1.54) is 45.3 Å². The zero-order valence-corrected chi connectivity index (χ0v) is 16.3. The van der Waals surface area contributed by atoms with Gasteiger partial charge in [0.05, 0.1) is 6.10 Å². The van der Waals surface area contributed by atoms with Crippen molar-refractivity contribution < 1.29 is 9.47 Å². The molecular formula is C21H31ClN2O2. The Balaban J connectivity index is 1.26. The summed E-state index contributed by atoms with van der Waals surface area (Å²) in [7, 11) is 0. The molecule has 4 nitrogen and oxygen atoms in total. The van der Waals surface area contributed by atoms with Crippen molar-refractivity contribution in [3.05, 3.63) is 28.8 Å². The highest BCUT2D eigenvalue weighted by atomic mass is 35.5. The first-order chi connectivity index (χ1) is 12.8. The lowest BCUT2D eigenvalue weighted by molar-refractivity contribution is 0.0675. The molecule has 2 saturated heterocycles. The SMILES string of the molecule is Clc1ccc(OCC2CCCO2)c(CNC2CCN(CC3CC3)CC2)c1. The number of hydrogen-bond acceptors (Lipinski definition) is 4. The maximum absolute atomic E-state index is 6.22. The van der Waals surface area contributed by atoms with Crippen LogP contribution in [-0.4, -0.2) is 49.9 Å². The maximum atomic E-state index is 6.22. The number of nitrogens with one attached hydrogen (secondary N) is 1. The molecule has 0 spiro atoms. The van der Waals surface area contributed by atoms with E-state index in [2.05, 4.69) is 10.2 Å². The molecule has 144 valence electrons. The number of nitrogens with zero attached hydrogens (tertiary/aromatic N) is 1. The molecule has 1 aromatic rings. The van der Waals surface area contributed by atoms with Crippen LogP contribution >= 0.6 is 11.6 Å². The zero-order valence-electron chi connectivity index (χ0n) is 15.6. The Hall–Kier alpha value is -0.810. The summed E-state index contributed by atoms with van der Waals surface area (Å²) < 4.78 is 11.7. The number of halogens is 1. The monoisotopic (exact) mass is 378 g/mol. The fourth-order valence-electron chi connectivity index (χ4n) is 4.03. The molecule has 26 heavy (non-hydrogen) atoms. The van der Waals surface area contributed by atoms with Gasteiger partial charge in [-0.3, -0.25) is 0 Å². The largest absolute Gasteiger partial charge is 0.491 e. The molecule has 2 heterocycles. The second kappa shape index (κ2) is 8.92. The van der Waals surface area contributed by atoms with Crippen molar-refractivity contribution in [1.82, 2.24) is 10.2 Å². The average Bonchev–Trinajstić information content (AvgIpc) is 3.31. The summed E-state index contributed by atoms with van der Waals surface area (Å²) >= 11 is 6.22. The molecule has 1 aromatic carbocycles. The summed E-state index contributed by atoms with van der Waals surface area (Å²) in [6.45, 7) is 6.09. The molecule has 3 fully saturated rings. The Morgan fingerprint density at radius 3 is 2.73 bits per heavy atom. The maximum Gasteiger partial charge on any atom is 0.124 e. The summed E-state index contributed by atoms with van der Waals surface area (Å²) in [6.07, 6.45) is 7.84. The van der Waals surface area contributed by atoms with E-state index < -0.39 is 0 Å². The van der Waals surface area contributed by atoms with Gasteiger partial charge in [0, 0.05) is 36.3 Å². The van der Waals surface area contributed by atoms with E-state index >= 15 is 0 Å². The Bertz CT molecular complexity index is 579. The van der Waals surface area contributed by atoms with Crippen molar-refractivity contribution in [1.29, 1.82) is 0 Å². The van der Waals surface area contributed by atoms with Crippen LogP contribution < -0.4 is 10.1 Å². The van der Waals surface area contributed by atoms with E-state index in [0.29, 0.717) is 12.6 Å². The van der Waals surface area contributed by atoms with Gasteiger partial charge in [-0.05, 0) is 75.7 Å². The molecule has 0 bridgehead atoms. The molecule has 1 aliphatic carbocycles. The van der Waals surface area contributed by atoms with Gasteiger partial charge < -0.3 is 19.7 Å². The van der Waals surface area contributed by atoms with E-state index in [9.17, 15) is 0 Å². The molecule has 1 saturated carbocycles. The highest BCUT2D eigenvalue weighted by molar-refractivity contribution is 6.30. The average molecular weight is 379 g/mol. The van der Waals surface area contributed by atoms with Crippen molar-refractivity contribution >= 4 is 11.6 Å². The molecule has 1 atom stereocenters. The van der Waals surface area contributed by atoms with Gasteiger partial charge in [-0.2, -0.15) is 0 Å². The van der Waals surface area contributed by atoms with Crippen LogP contribution in [0.2, 0.25) is 5.02 Å². The van der Waals surface area contributed by atoms with Crippen LogP contribution in [0.5, 0.6) is 5.75 Å². The number of ether oxygens (including phenoxy) is 2. The molecule has 1 N–H and O–H groups in total. The van der Waals surface area contributed by atoms with E-state index in [1.807, 2.05) is 18.2 Å². The molecule has 3 aliphatic rings. The number of piperidine rings is 1. The smallest absolute Gasteiger partial charge is 0.124 e. The van der Waals surface area contributed by atoms with Crippen molar-refractivity contribution in [2.24, 2.45) is 5.92 Å². The molecule has 2 aliphatic heterocycles. The Labute approximate surface area is 162 Å². The number of hydrogen-bond donors (Lipinski definition) is 1. The molecule has 1 unspecified atom stereocenters. The minimum absolute atomic E-state index is 0.238. The molecule has 0 aromatic heterocycles. The molecular weight excluding hydrogens is 348 g/mol. The normalized spacial score (nSPS) is 24.9. The van der Waals surface area contributed by atoms with Crippen LogP contribution in [0.3, 0.4) is 0 Å². The summed E-state index contributed by atoms with van der Waals surface area (Å²) in [5.74, 6) is 1.93. The number of benzene rings is 1. The second-order valence-electron chi connectivity index (χ2n) is 8.10. The topological polar surface area (TPSA) is 33.7 Å². The fraction of sp³-hybridized carbons (Fsp3) is 0.714. The second-order valence-corrected chi connectivity index (χ2v) is 8.53. The Kier molecular flexibility index (Phi) is 6.36. The summed E-state index contributed by atoms with van der Waals surface area (Å²) in [5, 5.41) is 4.50. The summed E-state index contributed by atoms with van der Waals surface area (Å²) in [5.41, 5.74) is 1.15. The van der Waals surface area contributed by atoms with Crippen LogP contribution in [0.25, 0.3) is 0 Å². The third kappa shape index (κ3) is 5.35. The minimum atomic E-state index is 0.238. The van der Waals surface area contributed by atoms with Crippen molar-refractivity contribution in [3.8, 4) is 5.75 Å². The lowest BCUT2D eigenvalue weighted by atomic mass is 10.0. The van der Waals surface area contributed by atoms with Crippen molar-refractivity contribution in [2.75, 3.05) is 32.8 Å². The molecule has 4 rings (SSSR count). The lowest BCUT2D eigenvalue weighted by Crippen LogP contribution is -2.42. The predicted molar refractivity (Wildman–Crippen MR) is 105 cm³/mol. The van der Waals surface area contributed by atoms with Crippen LogP contribution in [0.1, 0.15) is 44.1 Å². The standard InChI is InChI=1S/C21H31ClN2O2/c22-18-5-6-21(26-15-20-2-1-11-25-20)17(12-18)13-23-19-7-9-24(10-8-19)14-16-3-4-16/h5-6,12,16,19-20,23H,1-4,7-11,13-15H2. The first-order valence-corrected chi connectivity index (χ1v) is 10.6. The number of rotatable bonds is 8. The van der Waals surface area contributed by atoms with Gasteiger partial charge >= 0.3 is 0 Å². The molecule has 0 radical (unpaired) electrons. The fourth-order valence-corrected chi connectivity index (χ4v) is 4.22. The van der Waals surface area contributed by atoms with Crippen LogP contribution in [-0.2, 0) is 11.3 Å². The quantitative estimate of drug-likeness (QED) is 0.744. The van der Waals surface area contributed by atoms with Gasteiger partial charge in [-0.25, -0.2) is 0 Å². The van der Waals surface area contributed by atoms with Gasteiger partial charge in [0.2, 0.25) is 0 Å². The lowest BCUT2D eigenvalue weighted by Gasteiger charge is -2.32. The van der Waals surface area contributed by atoms with Crippen molar-refractivity contribution in [2.45, 2.75) is 57.2 Å². The Morgan fingerprint density at radius 1 is 1.15 bits per heavy atom. The minimum Gasteiger partial charge on any atom is -0.491 e. The van der Waals surface area contributed by atoms with Gasteiger partial charge in [0.15, 0.2) is 0 Å². The van der Waals surface area contributed by atoms with Gasteiger partial charge in [-0.15, -0.1) is 0 Å². The summed E-state index contributed by atoms with van der Waals surface area (Å²) in [6, 6.07) is 6.52. The van der Waals surface area contributed by atoms with Crippen molar-refractivity contribution in [3.63, 3.8) is 0 Å². The van der Waals surface area contributed by atoms with Crippen LogP contribution in [0.4, 0.5) is 0 Å². The highest BCUT2D eigenvalue weighted by Gasteiger charge is 2.27. The van der Waals surface area contributed by atoms with Crippen LogP contribution in [0, 0.1) is 5.92 Å². The third-order valence-electron chi connectivity index (χ3n) is 5.85. The third-order valence-corrected chi connectivity index (χ3v) is 6.09. The van der Waals surface area contributed by atoms with E-state index in [-0.39, 0.29) is 6.10 Å². The van der Waals surface area contributed by atoms with Gasteiger partial charge in [0.25, 0.3) is 0 Å².